The number of hydrogen-bond donors (Lipinski definition) is 0. The highest BCUT2D eigenvalue weighted by Crippen LogP contribution is 2.30. The molecule has 0 aliphatic carbocycles. The zero-order valence-corrected chi connectivity index (χ0v) is 17.1. The van der Waals surface area contributed by atoms with Crippen molar-refractivity contribution < 1.29 is 0 Å². The van der Waals surface area contributed by atoms with Gasteiger partial charge in [-0.15, -0.1) is 10.2 Å². The van der Waals surface area contributed by atoms with Gasteiger partial charge in [0.1, 0.15) is 5.01 Å². The Labute approximate surface area is 163 Å². The smallest absolute Gasteiger partial charge is 0.235 e. The van der Waals surface area contributed by atoms with Crippen LogP contribution in [0.5, 0.6) is 0 Å². The number of benzene rings is 2. The van der Waals surface area contributed by atoms with Crippen molar-refractivity contribution in [1.29, 1.82) is 0 Å². The van der Waals surface area contributed by atoms with Gasteiger partial charge in [-0.05, 0) is 35.2 Å². The molecule has 0 fully saturated rings. The van der Waals surface area contributed by atoms with E-state index in [4.69, 9.17) is 5.10 Å². The van der Waals surface area contributed by atoms with Gasteiger partial charge >= 0.3 is 0 Å². The molecule has 2 heterocycles. The molecule has 6 heteroatoms. The van der Waals surface area contributed by atoms with Crippen molar-refractivity contribution in [3.8, 4) is 22.0 Å². The molecule has 2 aromatic carbocycles. The van der Waals surface area contributed by atoms with Crippen molar-refractivity contribution in [3.63, 3.8) is 0 Å². The van der Waals surface area contributed by atoms with Gasteiger partial charge in [-0.2, -0.15) is 9.61 Å². The van der Waals surface area contributed by atoms with E-state index in [9.17, 15) is 0 Å². The average molecular weight is 378 g/mol. The number of hydrogen-bond acceptors (Lipinski definition) is 5. The highest BCUT2D eigenvalue weighted by Gasteiger charge is 2.17. The lowest BCUT2D eigenvalue weighted by Crippen LogP contribution is -2.10. The molecule has 0 bridgehead atoms. The Kier molecular flexibility index (Phi) is 4.23. The van der Waals surface area contributed by atoms with Gasteiger partial charge < -0.3 is 4.90 Å². The summed E-state index contributed by atoms with van der Waals surface area (Å²) in [6, 6.07) is 16.9. The fourth-order valence-electron chi connectivity index (χ4n) is 2.94. The minimum atomic E-state index is 0.130. The van der Waals surface area contributed by atoms with Crippen molar-refractivity contribution in [1.82, 2.24) is 19.8 Å². The molecule has 2 aromatic heterocycles. The van der Waals surface area contributed by atoms with E-state index in [2.05, 4.69) is 84.4 Å². The summed E-state index contributed by atoms with van der Waals surface area (Å²) in [5.41, 5.74) is 4.71. The molecule has 0 atom stereocenters. The van der Waals surface area contributed by atoms with E-state index in [1.165, 1.54) is 11.3 Å². The molecule has 0 saturated carbocycles. The van der Waals surface area contributed by atoms with Crippen LogP contribution in [0.4, 0.5) is 5.69 Å². The first-order chi connectivity index (χ1) is 12.8. The van der Waals surface area contributed by atoms with E-state index in [1.807, 2.05) is 18.6 Å². The Morgan fingerprint density at radius 3 is 2.07 bits per heavy atom. The average Bonchev–Trinajstić information content (AvgIpc) is 3.22. The minimum absolute atomic E-state index is 0.130. The van der Waals surface area contributed by atoms with Gasteiger partial charge in [0.2, 0.25) is 4.96 Å². The maximum atomic E-state index is 4.76. The van der Waals surface area contributed by atoms with Gasteiger partial charge in [-0.25, -0.2) is 0 Å². The third-order valence-electron chi connectivity index (χ3n) is 4.63. The molecular weight excluding hydrogens is 354 g/mol. The number of anilines is 1. The molecule has 0 spiro atoms. The molecule has 0 aliphatic rings. The van der Waals surface area contributed by atoms with Crippen LogP contribution < -0.4 is 4.90 Å². The largest absolute Gasteiger partial charge is 0.378 e. The first kappa shape index (κ1) is 17.7. The summed E-state index contributed by atoms with van der Waals surface area (Å²) in [6.45, 7) is 6.64. The van der Waals surface area contributed by atoms with Crippen LogP contribution in [0.25, 0.3) is 26.9 Å². The second-order valence-electron chi connectivity index (χ2n) is 7.89. The molecular formula is C21H23N5S. The van der Waals surface area contributed by atoms with E-state index in [-0.39, 0.29) is 5.41 Å². The molecule has 0 N–H and O–H groups in total. The standard InChI is InChI=1S/C21H23N5S/c1-21(2,3)16-10-6-14(7-11-16)18-22-23-20-26(18)24-19(27-20)15-8-12-17(13-9-15)25(4)5/h6-13H,1-5H3. The minimum Gasteiger partial charge on any atom is -0.378 e. The molecule has 0 saturated heterocycles. The maximum Gasteiger partial charge on any atom is 0.235 e. The Morgan fingerprint density at radius 2 is 1.48 bits per heavy atom. The molecule has 4 rings (SSSR count). The number of aromatic nitrogens is 4. The molecule has 4 aromatic rings. The quantitative estimate of drug-likeness (QED) is 0.510. The Balaban J connectivity index is 1.70. The monoisotopic (exact) mass is 377 g/mol. The third-order valence-corrected chi connectivity index (χ3v) is 5.58. The van der Waals surface area contributed by atoms with E-state index >= 15 is 0 Å². The van der Waals surface area contributed by atoms with Crippen LogP contribution in [0, 0.1) is 0 Å². The summed E-state index contributed by atoms with van der Waals surface area (Å²) < 4.78 is 1.84. The van der Waals surface area contributed by atoms with Crippen molar-refractivity contribution in [2.75, 3.05) is 19.0 Å². The first-order valence-electron chi connectivity index (χ1n) is 8.94. The summed E-state index contributed by atoms with van der Waals surface area (Å²) >= 11 is 1.55. The topological polar surface area (TPSA) is 46.3 Å². The van der Waals surface area contributed by atoms with E-state index in [1.54, 1.807) is 11.3 Å². The van der Waals surface area contributed by atoms with Crippen LogP contribution in [-0.4, -0.2) is 33.9 Å². The Bertz CT molecular complexity index is 1070. The highest BCUT2D eigenvalue weighted by atomic mass is 32.1. The molecule has 27 heavy (non-hydrogen) atoms. The van der Waals surface area contributed by atoms with Crippen molar-refractivity contribution in [2.24, 2.45) is 0 Å². The van der Waals surface area contributed by atoms with Gasteiger partial charge in [0.25, 0.3) is 0 Å². The number of nitrogens with zero attached hydrogens (tertiary/aromatic N) is 5. The van der Waals surface area contributed by atoms with Crippen LogP contribution in [0.15, 0.2) is 48.5 Å². The van der Waals surface area contributed by atoms with Gasteiger partial charge in [0, 0.05) is 30.9 Å². The first-order valence-corrected chi connectivity index (χ1v) is 9.75. The number of rotatable bonds is 3. The fourth-order valence-corrected chi connectivity index (χ4v) is 3.78. The summed E-state index contributed by atoms with van der Waals surface area (Å²) in [5.74, 6) is 0.776. The zero-order chi connectivity index (χ0) is 19.2. The molecule has 138 valence electrons. The Hall–Kier alpha value is -2.73. The molecule has 0 radical (unpaired) electrons. The number of fused-ring (bicyclic) bond motifs is 1. The predicted molar refractivity (Wildman–Crippen MR) is 113 cm³/mol. The van der Waals surface area contributed by atoms with Crippen LogP contribution in [-0.2, 0) is 5.41 Å². The highest BCUT2D eigenvalue weighted by molar-refractivity contribution is 7.19. The van der Waals surface area contributed by atoms with Crippen LogP contribution in [0.1, 0.15) is 26.3 Å². The van der Waals surface area contributed by atoms with Gasteiger partial charge in [0.05, 0.1) is 0 Å². The molecule has 0 aliphatic heterocycles. The summed E-state index contributed by atoms with van der Waals surface area (Å²) in [4.78, 5) is 2.89. The summed E-state index contributed by atoms with van der Waals surface area (Å²) in [7, 11) is 4.07. The maximum absolute atomic E-state index is 4.76. The lowest BCUT2D eigenvalue weighted by molar-refractivity contribution is 0.590. The van der Waals surface area contributed by atoms with E-state index in [0.717, 1.165) is 26.9 Å². The van der Waals surface area contributed by atoms with E-state index < -0.39 is 0 Å². The predicted octanol–water partition coefficient (Wildman–Crippen LogP) is 4.88. The molecule has 0 amide bonds. The third kappa shape index (κ3) is 3.32. The Morgan fingerprint density at radius 1 is 0.852 bits per heavy atom. The van der Waals surface area contributed by atoms with Gasteiger partial charge in [0.15, 0.2) is 5.82 Å². The van der Waals surface area contributed by atoms with Gasteiger partial charge in [-0.1, -0.05) is 56.4 Å². The van der Waals surface area contributed by atoms with E-state index in [0.29, 0.717) is 0 Å². The van der Waals surface area contributed by atoms with Gasteiger partial charge in [-0.3, -0.25) is 0 Å². The second-order valence-corrected chi connectivity index (χ2v) is 8.85. The lowest BCUT2D eigenvalue weighted by atomic mass is 9.87. The summed E-state index contributed by atoms with van der Waals surface area (Å²) in [5, 5.41) is 14.4. The summed E-state index contributed by atoms with van der Waals surface area (Å²) in [6.07, 6.45) is 0. The van der Waals surface area contributed by atoms with Crippen molar-refractivity contribution in [3.05, 3.63) is 54.1 Å². The second kappa shape index (κ2) is 6.46. The van der Waals surface area contributed by atoms with Crippen LogP contribution in [0.3, 0.4) is 0 Å². The van der Waals surface area contributed by atoms with Crippen LogP contribution >= 0.6 is 11.3 Å². The normalized spacial score (nSPS) is 11.9. The molecule has 5 nitrogen and oxygen atoms in total. The lowest BCUT2D eigenvalue weighted by Gasteiger charge is -2.18. The van der Waals surface area contributed by atoms with Crippen molar-refractivity contribution in [2.45, 2.75) is 26.2 Å². The fraction of sp³-hybridized carbons (Fsp3) is 0.286. The molecule has 0 unspecified atom stereocenters. The zero-order valence-electron chi connectivity index (χ0n) is 16.3. The van der Waals surface area contributed by atoms with Crippen LogP contribution in [0.2, 0.25) is 0 Å². The SMILES string of the molecule is CN(C)c1ccc(-c2nn3c(-c4ccc(C(C)(C)C)cc4)nnc3s2)cc1. The van der Waals surface area contributed by atoms with Crippen molar-refractivity contribution >= 4 is 22.0 Å².